The van der Waals surface area contributed by atoms with Gasteiger partial charge in [0.2, 0.25) is 21.8 Å². The van der Waals surface area contributed by atoms with Crippen LogP contribution in [-0.4, -0.2) is 56.6 Å². The molecular formula is C28H37Cl2N3O5S. The minimum atomic E-state index is -3.60. The number of rotatable bonds is 13. The Hall–Kier alpha value is -2.49. The topological polar surface area (TPSA) is 96.0 Å². The van der Waals surface area contributed by atoms with Gasteiger partial charge >= 0.3 is 0 Å². The Balaban J connectivity index is 1.74. The minimum Gasteiger partial charge on any atom is -0.494 e. The number of carbonyl (C=O) groups excluding carboxylic acids is 2. The van der Waals surface area contributed by atoms with Crippen molar-refractivity contribution in [3.63, 3.8) is 0 Å². The fourth-order valence-corrected chi connectivity index (χ4v) is 6.19. The molecule has 2 aromatic rings. The quantitative estimate of drug-likeness (QED) is 0.333. The Morgan fingerprint density at radius 3 is 2.26 bits per heavy atom. The predicted molar refractivity (Wildman–Crippen MR) is 156 cm³/mol. The highest BCUT2D eigenvalue weighted by atomic mass is 35.5. The molecule has 0 radical (unpaired) electrons. The molecule has 0 unspecified atom stereocenters. The molecule has 2 aromatic carbocycles. The molecule has 0 saturated heterocycles. The van der Waals surface area contributed by atoms with Crippen molar-refractivity contribution in [2.24, 2.45) is 0 Å². The number of halogens is 2. The van der Waals surface area contributed by atoms with E-state index in [2.05, 4.69) is 5.32 Å². The molecule has 8 nitrogen and oxygen atoms in total. The second kappa shape index (κ2) is 14.2. The summed E-state index contributed by atoms with van der Waals surface area (Å²) in [6.07, 6.45) is 5.41. The van der Waals surface area contributed by atoms with Gasteiger partial charge in [0.25, 0.3) is 0 Å². The molecule has 1 saturated carbocycles. The molecule has 11 heteroatoms. The van der Waals surface area contributed by atoms with Gasteiger partial charge < -0.3 is 15.0 Å². The van der Waals surface area contributed by atoms with E-state index in [0.717, 1.165) is 31.9 Å². The molecule has 0 aromatic heterocycles. The smallest absolute Gasteiger partial charge is 0.242 e. The Morgan fingerprint density at radius 2 is 1.69 bits per heavy atom. The lowest BCUT2D eigenvalue weighted by Gasteiger charge is -2.30. The maximum atomic E-state index is 13.5. The fourth-order valence-electron chi connectivity index (χ4n) is 4.71. The average molecular weight is 599 g/mol. The number of anilines is 1. The van der Waals surface area contributed by atoms with Crippen molar-refractivity contribution in [2.45, 2.75) is 71.0 Å². The Morgan fingerprint density at radius 1 is 1.08 bits per heavy atom. The van der Waals surface area contributed by atoms with Gasteiger partial charge in [-0.25, -0.2) is 8.42 Å². The zero-order chi connectivity index (χ0) is 28.6. The Kier molecular flexibility index (Phi) is 11.3. The van der Waals surface area contributed by atoms with E-state index in [9.17, 15) is 18.0 Å². The van der Waals surface area contributed by atoms with Crippen molar-refractivity contribution in [3.8, 4) is 5.75 Å². The van der Waals surface area contributed by atoms with Gasteiger partial charge in [-0.1, -0.05) is 42.1 Å². The molecule has 1 aliphatic rings. The van der Waals surface area contributed by atoms with E-state index in [1.54, 1.807) is 49.4 Å². The molecule has 0 aliphatic heterocycles. The summed E-state index contributed by atoms with van der Waals surface area (Å²) in [6.45, 7) is 4.23. The molecule has 2 amide bonds. The van der Waals surface area contributed by atoms with E-state index in [1.165, 1.54) is 9.21 Å². The maximum absolute atomic E-state index is 13.5. The number of amides is 2. The average Bonchev–Trinajstić information content (AvgIpc) is 3.39. The van der Waals surface area contributed by atoms with E-state index in [4.69, 9.17) is 27.9 Å². The number of ether oxygens (including phenoxy) is 1. The summed E-state index contributed by atoms with van der Waals surface area (Å²) in [6, 6.07) is 11.2. The number of benzene rings is 2. The van der Waals surface area contributed by atoms with Gasteiger partial charge in [0.1, 0.15) is 11.8 Å². The summed E-state index contributed by atoms with van der Waals surface area (Å²) >= 11 is 12.8. The third-order valence-corrected chi connectivity index (χ3v) is 8.75. The number of sulfonamides is 1. The van der Waals surface area contributed by atoms with Crippen LogP contribution in [0.4, 0.5) is 5.69 Å². The number of nitrogens with zero attached hydrogens (tertiary/aromatic N) is 2. The van der Waals surface area contributed by atoms with Gasteiger partial charge in [-0.3, -0.25) is 13.9 Å². The van der Waals surface area contributed by atoms with Crippen LogP contribution in [0.5, 0.6) is 5.75 Å². The molecule has 1 atom stereocenters. The number of hydrogen-bond donors (Lipinski definition) is 1. The largest absolute Gasteiger partial charge is 0.494 e. The highest BCUT2D eigenvalue weighted by Crippen LogP contribution is 2.28. The zero-order valence-corrected chi connectivity index (χ0v) is 25.0. The molecule has 0 heterocycles. The van der Waals surface area contributed by atoms with Crippen LogP contribution in [0.15, 0.2) is 42.5 Å². The van der Waals surface area contributed by atoms with Gasteiger partial charge in [-0.05, 0) is 69.5 Å². The van der Waals surface area contributed by atoms with Crippen LogP contribution in [0.2, 0.25) is 10.0 Å². The van der Waals surface area contributed by atoms with Gasteiger partial charge in [0.15, 0.2) is 0 Å². The molecule has 39 heavy (non-hydrogen) atoms. The summed E-state index contributed by atoms with van der Waals surface area (Å²) < 4.78 is 31.8. The number of nitrogens with one attached hydrogen (secondary N) is 1. The SMILES string of the molecule is CCOc1ccc(N(CCCC(=O)N(Cc2c(Cl)cccc2Cl)[C@@H](C)C(=O)NC2CCCC2)S(C)(=O)=O)cc1. The molecule has 1 fully saturated rings. The second-order valence-corrected chi connectivity index (χ2v) is 12.5. The minimum absolute atomic E-state index is 0.0339. The molecule has 3 rings (SSSR count). The summed E-state index contributed by atoms with van der Waals surface area (Å²) in [5.74, 6) is 0.120. The van der Waals surface area contributed by atoms with Gasteiger partial charge in [-0.15, -0.1) is 0 Å². The zero-order valence-electron chi connectivity index (χ0n) is 22.7. The third-order valence-electron chi connectivity index (χ3n) is 6.85. The first-order valence-corrected chi connectivity index (χ1v) is 15.8. The molecule has 1 N–H and O–H groups in total. The first-order valence-electron chi connectivity index (χ1n) is 13.2. The number of carbonyl (C=O) groups is 2. The standard InChI is InChI=1S/C28H37Cl2N3O5S/c1-4-38-23-16-14-22(15-17-23)33(39(3,36)37)18-8-13-27(34)32(19-24-25(29)11-7-12-26(24)30)20(2)28(35)31-21-9-5-6-10-21/h7,11-12,14-17,20-21H,4-6,8-10,13,18-19H2,1-3H3,(H,31,35)/t20-/m0/s1. The Labute approximate surface area is 241 Å². The van der Waals surface area contributed by atoms with Crippen LogP contribution in [0, 0.1) is 0 Å². The summed E-state index contributed by atoms with van der Waals surface area (Å²) in [7, 11) is -3.60. The molecule has 1 aliphatic carbocycles. The van der Waals surface area contributed by atoms with Crippen LogP contribution in [0.1, 0.15) is 57.9 Å². The van der Waals surface area contributed by atoms with Crippen LogP contribution in [-0.2, 0) is 26.2 Å². The van der Waals surface area contributed by atoms with E-state index >= 15 is 0 Å². The lowest BCUT2D eigenvalue weighted by Crippen LogP contribution is -2.49. The van der Waals surface area contributed by atoms with Crippen molar-refractivity contribution >= 4 is 50.7 Å². The summed E-state index contributed by atoms with van der Waals surface area (Å²) in [4.78, 5) is 28.1. The first-order chi connectivity index (χ1) is 18.5. The normalized spacial score (nSPS) is 14.6. The predicted octanol–water partition coefficient (Wildman–Crippen LogP) is 5.41. The van der Waals surface area contributed by atoms with Gasteiger partial charge in [0, 0.05) is 41.2 Å². The van der Waals surface area contributed by atoms with E-state index in [-0.39, 0.29) is 43.8 Å². The van der Waals surface area contributed by atoms with Crippen molar-refractivity contribution < 1.29 is 22.7 Å². The lowest BCUT2D eigenvalue weighted by atomic mass is 10.1. The maximum Gasteiger partial charge on any atom is 0.242 e. The lowest BCUT2D eigenvalue weighted by molar-refractivity contribution is -0.140. The van der Waals surface area contributed by atoms with Crippen LogP contribution in [0.25, 0.3) is 0 Å². The molecule has 0 bridgehead atoms. The molecule has 214 valence electrons. The summed E-state index contributed by atoms with van der Waals surface area (Å²) in [5, 5.41) is 3.87. The third kappa shape index (κ3) is 8.75. The van der Waals surface area contributed by atoms with Gasteiger partial charge in [-0.2, -0.15) is 0 Å². The van der Waals surface area contributed by atoms with Crippen LogP contribution in [0.3, 0.4) is 0 Å². The summed E-state index contributed by atoms with van der Waals surface area (Å²) in [5.41, 5.74) is 1.04. The second-order valence-electron chi connectivity index (χ2n) is 9.75. The molecular weight excluding hydrogens is 561 g/mol. The highest BCUT2D eigenvalue weighted by molar-refractivity contribution is 7.92. The van der Waals surface area contributed by atoms with Crippen LogP contribution >= 0.6 is 23.2 Å². The van der Waals surface area contributed by atoms with Crippen molar-refractivity contribution in [3.05, 3.63) is 58.1 Å². The van der Waals surface area contributed by atoms with Gasteiger partial charge in [0.05, 0.1) is 18.6 Å². The van der Waals surface area contributed by atoms with Crippen molar-refractivity contribution in [1.29, 1.82) is 0 Å². The molecule has 0 spiro atoms. The number of hydrogen-bond acceptors (Lipinski definition) is 5. The van der Waals surface area contributed by atoms with E-state index in [0.29, 0.717) is 33.7 Å². The monoisotopic (exact) mass is 597 g/mol. The van der Waals surface area contributed by atoms with E-state index in [1.807, 2.05) is 6.92 Å². The van der Waals surface area contributed by atoms with Crippen LogP contribution < -0.4 is 14.4 Å². The fraction of sp³-hybridized carbons (Fsp3) is 0.500. The highest BCUT2D eigenvalue weighted by Gasteiger charge is 2.29. The Bertz CT molecular complexity index is 1210. The van der Waals surface area contributed by atoms with Crippen molar-refractivity contribution in [2.75, 3.05) is 23.7 Å². The van der Waals surface area contributed by atoms with E-state index < -0.39 is 16.1 Å². The first kappa shape index (κ1) is 31.0. The van der Waals surface area contributed by atoms with Crippen molar-refractivity contribution in [1.82, 2.24) is 10.2 Å².